The molecular formula is C11H18ClN3S. The van der Waals surface area contributed by atoms with Gasteiger partial charge in [0, 0.05) is 12.1 Å². The molecule has 1 heterocycles. The summed E-state index contributed by atoms with van der Waals surface area (Å²) < 4.78 is 0. The van der Waals surface area contributed by atoms with Crippen LogP contribution in [0.1, 0.15) is 33.1 Å². The molecule has 0 saturated carbocycles. The van der Waals surface area contributed by atoms with Gasteiger partial charge in [-0.25, -0.2) is 9.97 Å². The number of thioether (sulfide) groups is 1. The van der Waals surface area contributed by atoms with Crippen molar-refractivity contribution < 1.29 is 0 Å². The summed E-state index contributed by atoms with van der Waals surface area (Å²) in [6.45, 7) is 4.36. The third-order valence-corrected chi connectivity index (χ3v) is 3.08. The van der Waals surface area contributed by atoms with Gasteiger partial charge in [0.1, 0.15) is 11.0 Å². The minimum Gasteiger partial charge on any atom is -0.367 e. The summed E-state index contributed by atoms with van der Waals surface area (Å²) in [5.74, 6) is 0.824. The average molecular weight is 260 g/mol. The molecule has 0 aromatic carbocycles. The number of anilines is 1. The number of aromatic nitrogens is 2. The molecule has 90 valence electrons. The van der Waals surface area contributed by atoms with Crippen LogP contribution in [0, 0.1) is 0 Å². The van der Waals surface area contributed by atoms with Crippen LogP contribution < -0.4 is 5.32 Å². The third kappa shape index (κ3) is 4.18. The highest BCUT2D eigenvalue weighted by atomic mass is 35.5. The summed E-state index contributed by atoms with van der Waals surface area (Å²) in [7, 11) is 0. The molecule has 0 aliphatic rings. The number of hydrogen-bond acceptors (Lipinski definition) is 4. The van der Waals surface area contributed by atoms with Crippen molar-refractivity contribution >= 4 is 29.2 Å². The third-order valence-electron chi connectivity index (χ3n) is 2.34. The SMILES string of the molecule is CCCC(CC)Nc1cc(Cl)nc(SC)n1. The van der Waals surface area contributed by atoms with E-state index in [4.69, 9.17) is 11.6 Å². The summed E-state index contributed by atoms with van der Waals surface area (Å²) in [5.41, 5.74) is 0. The molecule has 0 aliphatic carbocycles. The Morgan fingerprint density at radius 2 is 2.19 bits per heavy atom. The molecule has 0 saturated heterocycles. The van der Waals surface area contributed by atoms with Crippen LogP contribution in [0.4, 0.5) is 5.82 Å². The summed E-state index contributed by atoms with van der Waals surface area (Å²) in [6, 6.07) is 2.24. The second-order valence-corrected chi connectivity index (χ2v) is 4.76. The molecule has 0 spiro atoms. The van der Waals surface area contributed by atoms with Gasteiger partial charge in [-0.3, -0.25) is 0 Å². The largest absolute Gasteiger partial charge is 0.367 e. The van der Waals surface area contributed by atoms with Crippen molar-refractivity contribution in [3.63, 3.8) is 0 Å². The molecule has 1 N–H and O–H groups in total. The quantitative estimate of drug-likeness (QED) is 0.479. The fourth-order valence-electron chi connectivity index (χ4n) is 1.50. The molecule has 1 aromatic rings. The van der Waals surface area contributed by atoms with E-state index in [0.29, 0.717) is 16.4 Å². The van der Waals surface area contributed by atoms with E-state index in [0.717, 1.165) is 18.7 Å². The van der Waals surface area contributed by atoms with Crippen LogP contribution in [0.5, 0.6) is 0 Å². The maximum atomic E-state index is 5.93. The van der Waals surface area contributed by atoms with E-state index in [1.807, 2.05) is 6.26 Å². The first-order chi connectivity index (χ1) is 7.69. The molecular weight excluding hydrogens is 242 g/mol. The van der Waals surface area contributed by atoms with E-state index in [2.05, 4.69) is 29.1 Å². The van der Waals surface area contributed by atoms with Crippen LogP contribution in [-0.2, 0) is 0 Å². The van der Waals surface area contributed by atoms with Gasteiger partial charge < -0.3 is 5.32 Å². The molecule has 16 heavy (non-hydrogen) atoms. The van der Waals surface area contributed by atoms with E-state index in [1.54, 1.807) is 6.07 Å². The van der Waals surface area contributed by atoms with Gasteiger partial charge in [-0.15, -0.1) is 0 Å². The highest BCUT2D eigenvalue weighted by Gasteiger charge is 2.07. The number of hydrogen-bond donors (Lipinski definition) is 1. The predicted molar refractivity (Wildman–Crippen MR) is 71.4 cm³/mol. The van der Waals surface area contributed by atoms with E-state index in [9.17, 15) is 0 Å². The number of rotatable bonds is 6. The van der Waals surface area contributed by atoms with Gasteiger partial charge in [0.05, 0.1) is 0 Å². The monoisotopic (exact) mass is 259 g/mol. The van der Waals surface area contributed by atoms with Crippen LogP contribution in [-0.4, -0.2) is 22.3 Å². The first-order valence-corrected chi connectivity index (χ1v) is 7.15. The first-order valence-electron chi connectivity index (χ1n) is 5.54. The van der Waals surface area contributed by atoms with Crippen LogP contribution >= 0.6 is 23.4 Å². The van der Waals surface area contributed by atoms with E-state index < -0.39 is 0 Å². The lowest BCUT2D eigenvalue weighted by atomic mass is 10.1. The molecule has 0 amide bonds. The fraction of sp³-hybridized carbons (Fsp3) is 0.636. The van der Waals surface area contributed by atoms with Crippen molar-refractivity contribution in [2.45, 2.75) is 44.3 Å². The van der Waals surface area contributed by atoms with Gasteiger partial charge in [0.15, 0.2) is 5.16 Å². The Bertz CT molecular complexity index is 333. The first kappa shape index (κ1) is 13.6. The topological polar surface area (TPSA) is 37.8 Å². The highest BCUT2D eigenvalue weighted by molar-refractivity contribution is 7.98. The predicted octanol–water partition coefficient (Wildman–Crippen LogP) is 3.84. The summed E-state index contributed by atoms with van der Waals surface area (Å²) in [5, 5.41) is 4.60. The molecule has 1 rings (SSSR count). The minimum absolute atomic E-state index is 0.464. The molecule has 0 radical (unpaired) electrons. The zero-order valence-corrected chi connectivity index (χ0v) is 11.5. The normalized spacial score (nSPS) is 12.5. The Morgan fingerprint density at radius 3 is 2.75 bits per heavy atom. The van der Waals surface area contributed by atoms with Crippen molar-refractivity contribution in [1.29, 1.82) is 0 Å². The van der Waals surface area contributed by atoms with Crippen LogP contribution in [0.2, 0.25) is 5.15 Å². The Morgan fingerprint density at radius 1 is 1.44 bits per heavy atom. The average Bonchev–Trinajstić information content (AvgIpc) is 2.27. The summed E-state index contributed by atoms with van der Waals surface area (Å²) in [4.78, 5) is 8.49. The molecule has 3 nitrogen and oxygen atoms in total. The maximum absolute atomic E-state index is 5.93. The molecule has 0 bridgehead atoms. The molecule has 1 unspecified atom stereocenters. The lowest BCUT2D eigenvalue weighted by molar-refractivity contribution is 0.619. The Balaban J connectivity index is 2.74. The van der Waals surface area contributed by atoms with E-state index in [1.165, 1.54) is 18.2 Å². The minimum atomic E-state index is 0.464. The van der Waals surface area contributed by atoms with Gasteiger partial charge in [-0.1, -0.05) is 43.6 Å². The van der Waals surface area contributed by atoms with Gasteiger partial charge >= 0.3 is 0 Å². The Hall–Kier alpha value is -0.480. The molecule has 1 aromatic heterocycles. The maximum Gasteiger partial charge on any atom is 0.190 e. The summed E-state index contributed by atoms with van der Waals surface area (Å²) in [6.07, 6.45) is 5.34. The Kier molecular flexibility index (Phi) is 5.91. The molecule has 1 atom stereocenters. The number of nitrogens with one attached hydrogen (secondary N) is 1. The highest BCUT2D eigenvalue weighted by Crippen LogP contribution is 2.19. The molecule has 0 aliphatic heterocycles. The van der Waals surface area contributed by atoms with Crippen molar-refractivity contribution in [3.8, 4) is 0 Å². The fourth-order valence-corrected chi connectivity index (χ4v) is 2.11. The number of halogens is 1. The van der Waals surface area contributed by atoms with Gasteiger partial charge in [0.2, 0.25) is 0 Å². The molecule has 5 heteroatoms. The van der Waals surface area contributed by atoms with Crippen LogP contribution in [0.15, 0.2) is 11.2 Å². The standard InChI is InChI=1S/C11H18ClN3S/c1-4-6-8(5-2)13-10-7-9(12)14-11(15-10)16-3/h7-8H,4-6H2,1-3H3,(H,13,14,15). The van der Waals surface area contributed by atoms with Gasteiger partial charge in [-0.05, 0) is 19.1 Å². The van der Waals surface area contributed by atoms with Crippen molar-refractivity contribution in [1.82, 2.24) is 9.97 Å². The zero-order chi connectivity index (χ0) is 12.0. The summed E-state index contributed by atoms with van der Waals surface area (Å²) >= 11 is 7.43. The Labute approximate surface area is 106 Å². The zero-order valence-electron chi connectivity index (χ0n) is 9.96. The second-order valence-electron chi connectivity index (χ2n) is 3.60. The van der Waals surface area contributed by atoms with Gasteiger partial charge in [0.25, 0.3) is 0 Å². The van der Waals surface area contributed by atoms with Crippen LogP contribution in [0.3, 0.4) is 0 Å². The van der Waals surface area contributed by atoms with Crippen molar-refractivity contribution in [2.24, 2.45) is 0 Å². The van der Waals surface area contributed by atoms with Gasteiger partial charge in [-0.2, -0.15) is 0 Å². The second kappa shape index (κ2) is 6.97. The van der Waals surface area contributed by atoms with Crippen molar-refractivity contribution in [3.05, 3.63) is 11.2 Å². The van der Waals surface area contributed by atoms with E-state index >= 15 is 0 Å². The molecule has 0 fully saturated rings. The number of nitrogens with zero attached hydrogens (tertiary/aromatic N) is 2. The smallest absolute Gasteiger partial charge is 0.190 e. The van der Waals surface area contributed by atoms with Crippen molar-refractivity contribution in [2.75, 3.05) is 11.6 Å². The van der Waals surface area contributed by atoms with E-state index in [-0.39, 0.29) is 0 Å². The van der Waals surface area contributed by atoms with Crippen LogP contribution in [0.25, 0.3) is 0 Å². The lowest BCUT2D eigenvalue weighted by Crippen LogP contribution is -2.19. The lowest BCUT2D eigenvalue weighted by Gasteiger charge is -2.16.